The van der Waals surface area contributed by atoms with E-state index in [0.717, 1.165) is 18.4 Å². The third-order valence-electron chi connectivity index (χ3n) is 2.55. The summed E-state index contributed by atoms with van der Waals surface area (Å²) in [5, 5.41) is 7.21. The molecule has 0 aliphatic carbocycles. The van der Waals surface area contributed by atoms with E-state index in [1.807, 2.05) is 6.92 Å². The van der Waals surface area contributed by atoms with Crippen LogP contribution in [0.3, 0.4) is 0 Å². The first-order valence-corrected chi connectivity index (χ1v) is 5.72. The molecule has 0 saturated heterocycles. The highest BCUT2D eigenvalue weighted by Gasteiger charge is 2.07. The summed E-state index contributed by atoms with van der Waals surface area (Å²) in [4.78, 5) is 4.11. The summed E-state index contributed by atoms with van der Waals surface area (Å²) in [7, 11) is 0. The van der Waals surface area contributed by atoms with Crippen LogP contribution < -0.4 is 5.32 Å². The van der Waals surface area contributed by atoms with E-state index in [0.29, 0.717) is 18.7 Å². The predicted molar refractivity (Wildman–Crippen MR) is 62.9 cm³/mol. The van der Waals surface area contributed by atoms with Gasteiger partial charge in [-0.2, -0.15) is 5.10 Å². The molecule has 1 aromatic heterocycles. The molecule has 0 saturated carbocycles. The largest absolute Gasteiger partial charge is 0.310 e. The quantitative estimate of drug-likeness (QED) is 0.881. The molecule has 1 aromatic carbocycles. The van der Waals surface area contributed by atoms with Crippen LogP contribution in [0.25, 0.3) is 0 Å². The molecule has 0 unspecified atom stereocenters. The van der Waals surface area contributed by atoms with Crippen LogP contribution in [0.2, 0.25) is 0 Å². The number of benzene rings is 1. The molecule has 1 heterocycles. The topological polar surface area (TPSA) is 42.7 Å². The van der Waals surface area contributed by atoms with Crippen LogP contribution >= 0.6 is 0 Å². The summed E-state index contributed by atoms with van der Waals surface area (Å²) >= 11 is 0. The van der Waals surface area contributed by atoms with Crippen molar-refractivity contribution in [3.05, 3.63) is 47.5 Å². The molecule has 0 radical (unpaired) electrons. The van der Waals surface area contributed by atoms with Crippen molar-refractivity contribution in [2.75, 3.05) is 6.54 Å². The first kappa shape index (κ1) is 12.6. The van der Waals surface area contributed by atoms with Gasteiger partial charge in [0.25, 0.3) is 0 Å². The molecule has 4 nitrogen and oxygen atoms in total. The Hall–Kier alpha value is -1.82. The monoisotopic (exact) mass is 252 g/mol. The number of rotatable bonds is 5. The van der Waals surface area contributed by atoms with E-state index in [9.17, 15) is 8.78 Å². The zero-order chi connectivity index (χ0) is 13.0. The normalized spacial score (nSPS) is 10.8. The standard InChI is InChI=1S/C12H14F2N4/c1-2-15-6-12-16-8-17-18(12)7-9-3-4-10(13)11(14)5-9/h3-5,8,15H,2,6-7H2,1H3. The molecule has 0 aliphatic heterocycles. The fraction of sp³-hybridized carbons (Fsp3) is 0.333. The molecular formula is C12H14F2N4. The molecule has 0 fully saturated rings. The lowest BCUT2D eigenvalue weighted by atomic mass is 10.2. The van der Waals surface area contributed by atoms with Crippen LogP contribution in [0.15, 0.2) is 24.5 Å². The fourth-order valence-corrected chi connectivity index (χ4v) is 1.60. The molecule has 0 aliphatic rings. The molecule has 0 spiro atoms. The van der Waals surface area contributed by atoms with Gasteiger partial charge in [-0.25, -0.2) is 18.4 Å². The van der Waals surface area contributed by atoms with E-state index in [-0.39, 0.29) is 0 Å². The lowest BCUT2D eigenvalue weighted by molar-refractivity contribution is 0.505. The summed E-state index contributed by atoms with van der Waals surface area (Å²) in [5.74, 6) is -0.923. The van der Waals surface area contributed by atoms with Crippen molar-refractivity contribution in [2.24, 2.45) is 0 Å². The smallest absolute Gasteiger partial charge is 0.159 e. The minimum Gasteiger partial charge on any atom is -0.310 e. The number of aromatic nitrogens is 3. The van der Waals surface area contributed by atoms with Crippen molar-refractivity contribution < 1.29 is 8.78 Å². The molecule has 1 N–H and O–H groups in total. The van der Waals surface area contributed by atoms with E-state index >= 15 is 0 Å². The Morgan fingerprint density at radius 2 is 2.11 bits per heavy atom. The minimum atomic E-state index is -0.846. The van der Waals surface area contributed by atoms with E-state index in [2.05, 4.69) is 15.4 Å². The Labute approximate surface area is 104 Å². The van der Waals surface area contributed by atoms with Crippen LogP contribution in [0, 0.1) is 11.6 Å². The summed E-state index contributed by atoms with van der Waals surface area (Å²) in [5.41, 5.74) is 0.650. The fourth-order valence-electron chi connectivity index (χ4n) is 1.60. The van der Waals surface area contributed by atoms with Gasteiger partial charge < -0.3 is 5.32 Å². The number of hydrogen-bond acceptors (Lipinski definition) is 3. The predicted octanol–water partition coefficient (Wildman–Crippen LogP) is 1.71. The second-order valence-corrected chi connectivity index (χ2v) is 3.86. The van der Waals surface area contributed by atoms with Gasteiger partial charge in [0, 0.05) is 0 Å². The Bertz CT molecular complexity index is 525. The van der Waals surface area contributed by atoms with E-state index in [4.69, 9.17) is 0 Å². The average Bonchev–Trinajstić information content (AvgIpc) is 2.79. The van der Waals surface area contributed by atoms with Crippen LogP contribution in [0.1, 0.15) is 18.3 Å². The number of hydrogen-bond donors (Lipinski definition) is 1. The summed E-state index contributed by atoms with van der Waals surface area (Å²) in [6.07, 6.45) is 1.45. The Morgan fingerprint density at radius 3 is 2.83 bits per heavy atom. The molecule has 2 rings (SSSR count). The maximum atomic E-state index is 13.1. The first-order valence-electron chi connectivity index (χ1n) is 5.72. The van der Waals surface area contributed by atoms with Gasteiger partial charge in [-0.15, -0.1) is 0 Å². The van der Waals surface area contributed by atoms with Crippen molar-refractivity contribution in [1.82, 2.24) is 20.1 Å². The van der Waals surface area contributed by atoms with Crippen molar-refractivity contribution in [1.29, 1.82) is 0 Å². The molecular weight excluding hydrogens is 238 g/mol. The molecule has 96 valence electrons. The van der Waals surface area contributed by atoms with Crippen molar-refractivity contribution in [3.63, 3.8) is 0 Å². The maximum absolute atomic E-state index is 13.1. The summed E-state index contributed by atoms with van der Waals surface area (Å²) in [6.45, 7) is 3.80. The van der Waals surface area contributed by atoms with E-state index in [1.54, 1.807) is 4.68 Å². The van der Waals surface area contributed by atoms with Gasteiger partial charge in [0.15, 0.2) is 11.6 Å². The van der Waals surface area contributed by atoms with Crippen molar-refractivity contribution in [3.8, 4) is 0 Å². The van der Waals surface area contributed by atoms with Crippen LogP contribution in [-0.2, 0) is 13.1 Å². The van der Waals surface area contributed by atoms with Gasteiger partial charge in [0.2, 0.25) is 0 Å². The number of nitrogens with zero attached hydrogens (tertiary/aromatic N) is 3. The molecule has 0 bridgehead atoms. The highest BCUT2D eigenvalue weighted by Crippen LogP contribution is 2.10. The van der Waals surface area contributed by atoms with Crippen molar-refractivity contribution in [2.45, 2.75) is 20.0 Å². The Balaban J connectivity index is 2.13. The highest BCUT2D eigenvalue weighted by atomic mass is 19.2. The first-order chi connectivity index (χ1) is 8.70. The van der Waals surface area contributed by atoms with Gasteiger partial charge in [-0.1, -0.05) is 13.0 Å². The lowest BCUT2D eigenvalue weighted by Crippen LogP contribution is -2.17. The minimum absolute atomic E-state index is 0.373. The zero-order valence-corrected chi connectivity index (χ0v) is 10.0. The zero-order valence-electron chi connectivity index (χ0n) is 10.0. The van der Waals surface area contributed by atoms with Crippen LogP contribution in [0.4, 0.5) is 8.78 Å². The third kappa shape index (κ3) is 2.89. The SMILES string of the molecule is CCNCc1ncnn1Cc1ccc(F)c(F)c1. The molecule has 2 aromatic rings. The molecule has 6 heteroatoms. The maximum Gasteiger partial charge on any atom is 0.159 e. The van der Waals surface area contributed by atoms with Gasteiger partial charge in [-0.3, -0.25) is 0 Å². The van der Waals surface area contributed by atoms with Gasteiger partial charge >= 0.3 is 0 Å². The Kier molecular flexibility index (Phi) is 3.99. The van der Waals surface area contributed by atoms with Crippen LogP contribution in [-0.4, -0.2) is 21.3 Å². The summed E-state index contributed by atoms with van der Waals surface area (Å²) < 4.78 is 27.5. The second-order valence-electron chi connectivity index (χ2n) is 3.86. The highest BCUT2D eigenvalue weighted by molar-refractivity contribution is 5.18. The second kappa shape index (κ2) is 5.68. The summed E-state index contributed by atoms with van der Waals surface area (Å²) in [6, 6.07) is 3.83. The number of nitrogens with one attached hydrogen (secondary N) is 1. The van der Waals surface area contributed by atoms with Gasteiger partial charge in [0.1, 0.15) is 12.2 Å². The average molecular weight is 252 g/mol. The number of halogens is 2. The Morgan fingerprint density at radius 1 is 1.28 bits per heavy atom. The van der Waals surface area contributed by atoms with E-state index < -0.39 is 11.6 Å². The molecule has 0 atom stereocenters. The van der Waals surface area contributed by atoms with Gasteiger partial charge in [0.05, 0.1) is 13.1 Å². The van der Waals surface area contributed by atoms with Gasteiger partial charge in [-0.05, 0) is 24.2 Å². The van der Waals surface area contributed by atoms with Crippen LogP contribution in [0.5, 0.6) is 0 Å². The molecule has 0 amide bonds. The molecule has 18 heavy (non-hydrogen) atoms. The van der Waals surface area contributed by atoms with Crippen molar-refractivity contribution >= 4 is 0 Å². The lowest BCUT2D eigenvalue weighted by Gasteiger charge is -2.06. The van der Waals surface area contributed by atoms with E-state index in [1.165, 1.54) is 18.5 Å². The third-order valence-corrected chi connectivity index (χ3v) is 2.55.